The van der Waals surface area contributed by atoms with Crippen LogP contribution in [0.15, 0.2) is 28.7 Å². The second-order valence-electron chi connectivity index (χ2n) is 5.43. The third-order valence-corrected chi connectivity index (χ3v) is 5.74. The van der Waals surface area contributed by atoms with Crippen molar-refractivity contribution in [3.05, 3.63) is 33.6 Å². The van der Waals surface area contributed by atoms with Gasteiger partial charge in [-0.3, -0.25) is 0 Å². The molecule has 2 aromatic heterocycles. The van der Waals surface area contributed by atoms with Crippen molar-refractivity contribution in [3.8, 4) is 10.4 Å². The molecule has 21 heavy (non-hydrogen) atoms. The topological polar surface area (TPSA) is 50.9 Å². The van der Waals surface area contributed by atoms with Crippen molar-refractivity contribution in [2.24, 2.45) is 5.92 Å². The number of hydrogen-bond donors (Lipinski definition) is 1. The molecule has 1 fully saturated rings. The fourth-order valence-electron chi connectivity index (χ4n) is 2.48. The van der Waals surface area contributed by atoms with Crippen LogP contribution in [0.25, 0.3) is 21.5 Å². The van der Waals surface area contributed by atoms with Crippen molar-refractivity contribution in [2.45, 2.75) is 26.0 Å². The van der Waals surface area contributed by atoms with Crippen LogP contribution < -0.4 is 0 Å². The van der Waals surface area contributed by atoms with Gasteiger partial charge in [0.05, 0.1) is 16.6 Å². The molecule has 0 amide bonds. The number of thiophene rings is 1. The maximum Gasteiger partial charge on any atom is 0.128 e. The van der Waals surface area contributed by atoms with E-state index in [0.717, 1.165) is 43.3 Å². The number of aliphatic hydroxyl groups is 1. The van der Waals surface area contributed by atoms with Crippen molar-refractivity contribution in [1.82, 2.24) is 15.0 Å². The van der Waals surface area contributed by atoms with Gasteiger partial charge in [0.2, 0.25) is 0 Å². The minimum absolute atomic E-state index is 0.0854. The standard InChI is InChI=1S/C15H14BrN3OS/c16-14-11(13-6-3-10(8-20)21-13)4-5-12-15(14)17-18-19(12)7-9-1-2-9/h3-6,9,20H,1-2,7-8H2. The molecule has 1 saturated carbocycles. The van der Waals surface area contributed by atoms with E-state index in [1.165, 1.54) is 12.8 Å². The first kappa shape index (κ1) is 13.4. The van der Waals surface area contributed by atoms with Gasteiger partial charge in [0.25, 0.3) is 0 Å². The van der Waals surface area contributed by atoms with Gasteiger partial charge in [0.1, 0.15) is 5.52 Å². The number of rotatable bonds is 4. The summed E-state index contributed by atoms with van der Waals surface area (Å²) in [7, 11) is 0. The highest BCUT2D eigenvalue weighted by molar-refractivity contribution is 9.10. The minimum atomic E-state index is 0.0854. The monoisotopic (exact) mass is 363 g/mol. The molecule has 6 heteroatoms. The minimum Gasteiger partial charge on any atom is -0.391 e. The zero-order chi connectivity index (χ0) is 14.4. The van der Waals surface area contributed by atoms with Gasteiger partial charge in [-0.15, -0.1) is 16.4 Å². The Morgan fingerprint density at radius 2 is 2.14 bits per heavy atom. The zero-order valence-corrected chi connectivity index (χ0v) is 13.7. The number of aliphatic hydroxyl groups excluding tert-OH is 1. The summed E-state index contributed by atoms with van der Waals surface area (Å²) in [5.41, 5.74) is 3.09. The summed E-state index contributed by atoms with van der Waals surface area (Å²) >= 11 is 5.27. The molecule has 0 atom stereocenters. The van der Waals surface area contributed by atoms with E-state index < -0.39 is 0 Å². The molecule has 1 N–H and O–H groups in total. The molecule has 3 aromatic rings. The van der Waals surface area contributed by atoms with E-state index in [1.807, 2.05) is 16.8 Å². The van der Waals surface area contributed by atoms with Crippen molar-refractivity contribution < 1.29 is 5.11 Å². The summed E-state index contributed by atoms with van der Waals surface area (Å²) < 4.78 is 2.99. The maximum atomic E-state index is 9.21. The Labute approximate surface area is 134 Å². The first-order valence-electron chi connectivity index (χ1n) is 6.98. The molecular weight excluding hydrogens is 350 g/mol. The summed E-state index contributed by atoms with van der Waals surface area (Å²) in [5, 5.41) is 17.8. The summed E-state index contributed by atoms with van der Waals surface area (Å²) in [5.74, 6) is 0.776. The van der Waals surface area contributed by atoms with Crippen molar-refractivity contribution in [3.63, 3.8) is 0 Å². The van der Waals surface area contributed by atoms with E-state index >= 15 is 0 Å². The fourth-order valence-corrected chi connectivity index (χ4v) is 4.14. The molecule has 0 spiro atoms. The van der Waals surface area contributed by atoms with Crippen LogP contribution in [0.2, 0.25) is 0 Å². The molecule has 0 unspecified atom stereocenters. The Morgan fingerprint density at radius 3 is 2.86 bits per heavy atom. The molecule has 0 aliphatic heterocycles. The van der Waals surface area contributed by atoms with E-state index in [-0.39, 0.29) is 6.61 Å². The molecule has 1 aromatic carbocycles. The second-order valence-corrected chi connectivity index (χ2v) is 7.40. The predicted molar refractivity (Wildman–Crippen MR) is 87.2 cm³/mol. The van der Waals surface area contributed by atoms with Crippen LogP contribution in [0.3, 0.4) is 0 Å². The molecule has 4 rings (SSSR count). The van der Waals surface area contributed by atoms with Crippen LogP contribution in [-0.4, -0.2) is 20.1 Å². The number of aromatic nitrogens is 3. The van der Waals surface area contributed by atoms with Crippen LogP contribution in [0.5, 0.6) is 0 Å². The van der Waals surface area contributed by atoms with Gasteiger partial charge >= 0.3 is 0 Å². The molecule has 0 radical (unpaired) electrons. The molecule has 2 heterocycles. The van der Waals surface area contributed by atoms with Gasteiger partial charge in [-0.05, 0) is 52.9 Å². The number of fused-ring (bicyclic) bond motifs is 1. The number of nitrogens with zero attached hydrogens (tertiary/aromatic N) is 3. The predicted octanol–water partition coefficient (Wildman–Crippen LogP) is 3.82. The maximum absolute atomic E-state index is 9.21. The molecular formula is C15H14BrN3OS. The van der Waals surface area contributed by atoms with Crippen LogP contribution >= 0.6 is 27.3 Å². The van der Waals surface area contributed by atoms with Gasteiger partial charge in [0, 0.05) is 21.9 Å². The largest absolute Gasteiger partial charge is 0.391 e. The Morgan fingerprint density at radius 1 is 1.29 bits per heavy atom. The quantitative estimate of drug-likeness (QED) is 0.766. The normalized spacial score (nSPS) is 15.0. The third kappa shape index (κ3) is 2.41. The van der Waals surface area contributed by atoms with Gasteiger partial charge in [-0.25, -0.2) is 4.68 Å². The summed E-state index contributed by atoms with van der Waals surface area (Å²) in [6.07, 6.45) is 2.61. The average Bonchev–Trinajstić information content (AvgIpc) is 3.01. The lowest BCUT2D eigenvalue weighted by Gasteiger charge is -2.04. The lowest BCUT2D eigenvalue weighted by atomic mass is 10.1. The molecule has 4 nitrogen and oxygen atoms in total. The summed E-state index contributed by atoms with van der Waals surface area (Å²) in [6.45, 7) is 1.05. The van der Waals surface area contributed by atoms with E-state index in [1.54, 1.807) is 11.3 Å². The Hall–Kier alpha value is -1.24. The first-order valence-corrected chi connectivity index (χ1v) is 8.59. The van der Waals surface area contributed by atoms with Crippen LogP contribution in [0, 0.1) is 5.92 Å². The third-order valence-electron chi connectivity index (χ3n) is 3.84. The van der Waals surface area contributed by atoms with Crippen molar-refractivity contribution in [2.75, 3.05) is 0 Å². The lowest BCUT2D eigenvalue weighted by Crippen LogP contribution is -2.01. The zero-order valence-electron chi connectivity index (χ0n) is 11.3. The first-order chi connectivity index (χ1) is 10.3. The van der Waals surface area contributed by atoms with E-state index in [0.29, 0.717) is 0 Å². The number of halogens is 1. The molecule has 108 valence electrons. The summed E-state index contributed by atoms with van der Waals surface area (Å²) in [6, 6.07) is 8.19. The van der Waals surface area contributed by atoms with Gasteiger partial charge in [0.15, 0.2) is 0 Å². The highest BCUT2D eigenvalue weighted by atomic mass is 79.9. The number of hydrogen-bond acceptors (Lipinski definition) is 4. The second kappa shape index (κ2) is 5.19. The highest BCUT2D eigenvalue weighted by Crippen LogP contribution is 2.38. The smallest absolute Gasteiger partial charge is 0.128 e. The Balaban J connectivity index is 1.78. The molecule has 1 aliphatic rings. The fraction of sp³-hybridized carbons (Fsp3) is 0.333. The van der Waals surface area contributed by atoms with Gasteiger partial charge in [-0.1, -0.05) is 11.3 Å². The van der Waals surface area contributed by atoms with Crippen LogP contribution in [0.1, 0.15) is 17.7 Å². The highest BCUT2D eigenvalue weighted by Gasteiger charge is 2.23. The van der Waals surface area contributed by atoms with Gasteiger partial charge < -0.3 is 5.11 Å². The van der Waals surface area contributed by atoms with E-state index in [2.05, 4.69) is 38.4 Å². The van der Waals surface area contributed by atoms with Crippen LogP contribution in [-0.2, 0) is 13.2 Å². The van der Waals surface area contributed by atoms with E-state index in [4.69, 9.17) is 0 Å². The molecule has 0 saturated heterocycles. The van der Waals surface area contributed by atoms with Crippen LogP contribution in [0.4, 0.5) is 0 Å². The average molecular weight is 364 g/mol. The summed E-state index contributed by atoms with van der Waals surface area (Å²) in [4.78, 5) is 2.10. The lowest BCUT2D eigenvalue weighted by molar-refractivity contribution is 0.285. The molecule has 1 aliphatic carbocycles. The van der Waals surface area contributed by atoms with Gasteiger partial charge in [-0.2, -0.15) is 0 Å². The van der Waals surface area contributed by atoms with E-state index in [9.17, 15) is 5.11 Å². The molecule has 0 bridgehead atoms. The SMILES string of the molecule is OCc1ccc(-c2ccc3c(nnn3CC3CC3)c2Br)s1. The Kier molecular flexibility index (Phi) is 3.32. The number of benzene rings is 1. The van der Waals surface area contributed by atoms with Crippen molar-refractivity contribution in [1.29, 1.82) is 0 Å². The van der Waals surface area contributed by atoms with Crippen molar-refractivity contribution >= 4 is 38.3 Å². The Bertz CT molecular complexity index is 806.